The van der Waals surface area contributed by atoms with Crippen molar-refractivity contribution >= 4 is 5.91 Å². The van der Waals surface area contributed by atoms with E-state index in [2.05, 4.69) is 15.0 Å². The third-order valence-electron chi connectivity index (χ3n) is 3.84. The molecule has 1 aliphatic carbocycles. The highest BCUT2D eigenvalue weighted by Crippen LogP contribution is 2.40. The largest absolute Gasteiger partial charge is 0.435 e. The molecule has 5 nitrogen and oxygen atoms in total. The molecule has 0 spiro atoms. The van der Waals surface area contributed by atoms with Gasteiger partial charge in [0, 0.05) is 25.0 Å². The van der Waals surface area contributed by atoms with E-state index in [1.807, 2.05) is 17.8 Å². The summed E-state index contributed by atoms with van der Waals surface area (Å²) < 4.78 is 30.8. The standard InChI is InChI=1S/C16H17F2N3O2/c1-21-8-7-19-14(21)13(10-5-6-10)20-15(22)11-3-2-4-12(9-11)23-16(17)18/h2-4,7-10,13,16H,5-6H2,1H3,(H,20,22)/t13-/m1/s1. The van der Waals surface area contributed by atoms with Crippen molar-refractivity contribution in [3.8, 4) is 5.75 Å². The Hall–Kier alpha value is -2.44. The quantitative estimate of drug-likeness (QED) is 0.890. The fourth-order valence-electron chi connectivity index (χ4n) is 2.54. The number of hydrogen-bond acceptors (Lipinski definition) is 3. The Morgan fingerprint density at radius 1 is 1.43 bits per heavy atom. The zero-order chi connectivity index (χ0) is 16.4. The van der Waals surface area contributed by atoms with Gasteiger partial charge in [-0.05, 0) is 37.0 Å². The molecule has 1 fully saturated rings. The molecule has 23 heavy (non-hydrogen) atoms. The minimum Gasteiger partial charge on any atom is -0.435 e. The van der Waals surface area contributed by atoms with Crippen molar-refractivity contribution < 1.29 is 18.3 Å². The zero-order valence-electron chi connectivity index (χ0n) is 12.6. The maximum atomic E-state index is 12.4. The number of nitrogens with one attached hydrogen (secondary N) is 1. The van der Waals surface area contributed by atoms with Crippen LogP contribution in [0.3, 0.4) is 0 Å². The smallest absolute Gasteiger partial charge is 0.387 e. The Morgan fingerprint density at radius 2 is 2.22 bits per heavy atom. The van der Waals surface area contributed by atoms with E-state index in [0.29, 0.717) is 5.92 Å². The topological polar surface area (TPSA) is 56.2 Å². The van der Waals surface area contributed by atoms with Crippen LogP contribution in [0.5, 0.6) is 5.75 Å². The van der Waals surface area contributed by atoms with E-state index in [0.717, 1.165) is 18.7 Å². The second kappa shape index (κ2) is 6.36. The van der Waals surface area contributed by atoms with Crippen molar-refractivity contribution in [1.29, 1.82) is 0 Å². The molecule has 0 saturated heterocycles. The van der Waals surface area contributed by atoms with Crippen LogP contribution in [-0.2, 0) is 7.05 Å². The number of aryl methyl sites for hydroxylation is 1. The number of aromatic nitrogens is 2. The molecule has 1 N–H and O–H groups in total. The molecule has 122 valence electrons. The minimum atomic E-state index is -2.92. The molecule has 0 unspecified atom stereocenters. The van der Waals surface area contributed by atoms with E-state index in [1.165, 1.54) is 18.2 Å². The van der Waals surface area contributed by atoms with E-state index in [-0.39, 0.29) is 23.3 Å². The van der Waals surface area contributed by atoms with Crippen molar-refractivity contribution in [2.75, 3.05) is 0 Å². The maximum absolute atomic E-state index is 12.4. The number of amides is 1. The third-order valence-corrected chi connectivity index (χ3v) is 3.84. The van der Waals surface area contributed by atoms with Gasteiger partial charge >= 0.3 is 6.61 Å². The monoisotopic (exact) mass is 321 g/mol. The minimum absolute atomic E-state index is 0.0346. The van der Waals surface area contributed by atoms with Crippen molar-refractivity contribution in [2.24, 2.45) is 13.0 Å². The number of nitrogens with zero attached hydrogens (tertiary/aromatic N) is 2. The van der Waals surface area contributed by atoms with E-state index in [1.54, 1.807) is 12.3 Å². The molecule has 1 amide bonds. The lowest BCUT2D eigenvalue weighted by Gasteiger charge is -2.18. The highest BCUT2D eigenvalue weighted by molar-refractivity contribution is 5.94. The summed E-state index contributed by atoms with van der Waals surface area (Å²) in [5.41, 5.74) is 0.281. The zero-order valence-corrected chi connectivity index (χ0v) is 12.6. The lowest BCUT2D eigenvalue weighted by atomic mass is 10.1. The molecule has 1 aromatic heterocycles. The number of imidazole rings is 1. The maximum Gasteiger partial charge on any atom is 0.387 e. The summed E-state index contributed by atoms with van der Waals surface area (Å²) >= 11 is 0. The average Bonchev–Trinajstić information content (AvgIpc) is 3.26. The number of hydrogen-bond donors (Lipinski definition) is 1. The predicted octanol–water partition coefficient (Wildman–Crippen LogP) is 2.90. The number of carbonyl (C=O) groups excluding carboxylic acids is 1. The number of alkyl halides is 2. The number of benzene rings is 1. The van der Waals surface area contributed by atoms with Crippen LogP contribution in [0.1, 0.15) is 35.1 Å². The molecule has 1 aliphatic rings. The fraction of sp³-hybridized carbons (Fsp3) is 0.375. The Kier molecular flexibility index (Phi) is 4.27. The number of ether oxygens (including phenoxy) is 1. The second-order valence-corrected chi connectivity index (χ2v) is 5.59. The van der Waals surface area contributed by atoms with Crippen LogP contribution in [0.2, 0.25) is 0 Å². The first-order valence-electron chi connectivity index (χ1n) is 7.37. The summed E-state index contributed by atoms with van der Waals surface area (Å²) in [7, 11) is 1.88. The average molecular weight is 321 g/mol. The van der Waals surface area contributed by atoms with E-state index in [9.17, 15) is 13.6 Å². The van der Waals surface area contributed by atoms with E-state index < -0.39 is 6.61 Å². The summed E-state index contributed by atoms with van der Waals surface area (Å²) in [4.78, 5) is 16.7. The predicted molar refractivity (Wildman–Crippen MR) is 79.2 cm³/mol. The van der Waals surface area contributed by atoms with Crippen molar-refractivity contribution in [2.45, 2.75) is 25.5 Å². The molecular formula is C16H17F2N3O2. The molecule has 3 rings (SSSR count). The van der Waals surface area contributed by atoms with Gasteiger partial charge < -0.3 is 14.6 Å². The molecule has 1 aromatic carbocycles. The van der Waals surface area contributed by atoms with Gasteiger partial charge in [-0.1, -0.05) is 6.07 Å². The van der Waals surface area contributed by atoms with E-state index >= 15 is 0 Å². The lowest BCUT2D eigenvalue weighted by Crippen LogP contribution is -2.31. The van der Waals surface area contributed by atoms with Crippen LogP contribution in [0, 0.1) is 5.92 Å². The van der Waals surface area contributed by atoms with Gasteiger partial charge in [-0.3, -0.25) is 4.79 Å². The highest BCUT2D eigenvalue weighted by atomic mass is 19.3. The molecule has 0 aliphatic heterocycles. The fourth-order valence-corrected chi connectivity index (χ4v) is 2.54. The molecule has 0 radical (unpaired) electrons. The number of carbonyl (C=O) groups is 1. The summed E-state index contributed by atoms with van der Waals surface area (Å²) in [5.74, 6) is 0.790. The third kappa shape index (κ3) is 3.67. The van der Waals surface area contributed by atoms with Crippen LogP contribution in [0.25, 0.3) is 0 Å². The molecule has 1 heterocycles. The van der Waals surface area contributed by atoms with Gasteiger partial charge in [-0.25, -0.2) is 4.98 Å². The van der Waals surface area contributed by atoms with Gasteiger partial charge in [-0.2, -0.15) is 8.78 Å². The molecule has 7 heteroatoms. The first-order valence-corrected chi connectivity index (χ1v) is 7.37. The molecular weight excluding hydrogens is 304 g/mol. The van der Waals surface area contributed by atoms with Gasteiger partial charge in [0.2, 0.25) is 0 Å². The van der Waals surface area contributed by atoms with Gasteiger partial charge in [0.05, 0.1) is 6.04 Å². The first-order chi connectivity index (χ1) is 11.0. The SMILES string of the molecule is Cn1ccnc1[C@H](NC(=O)c1cccc(OC(F)F)c1)C1CC1. The first kappa shape index (κ1) is 15.5. The van der Waals surface area contributed by atoms with Crippen molar-refractivity contribution in [1.82, 2.24) is 14.9 Å². The van der Waals surface area contributed by atoms with Gasteiger partial charge in [0.1, 0.15) is 11.6 Å². The van der Waals surface area contributed by atoms with Gasteiger partial charge in [-0.15, -0.1) is 0 Å². The molecule has 1 saturated carbocycles. The van der Waals surface area contributed by atoms with Crippen LogP contribution < -0.4 is 10.1 Å². The van der Waals surface area contributed by atoms with Gasteiger partial charge in [0.25, 0.3) is 5.91 Å². The van der Waals surface area contributed by atoms with Gasteiger partial charge in [0.15, 0.2) is 0 Å². The Morgan fingerprint density at radius 3 is 2.83 bits per heavy atom. The normalized spacial score (nSPS) is 15.5. The summed E-state index contributed by atoms with van der Waals surface area (Å²) in [6.45, 7) is -2.92. The molecule has 0 bridgehead atoms. The Balaban J connectivity index is 1.76. The summed E-state index contributed by atoms with van der Waals surface area (Å²) in [6, 6.07) is 5.60. The van der Waals surface area contributed by atoms with E-state index in [4.69, 9.17) is 0 Å². The van der Waals surface area contributed by atoms with Crippen molar-refractivity contribution in [3.05, 3.63) is 48.0 Å². The lowest BCUT2D eigenvalue weighted by molar-refractivity contribution is -0.0498. The Labute approximate surface area is 132 Å². The Bertz CT molecular complexity index is 698. The highest BCUT2D eigenvalue weighted by Gasteiger charge is 2.35. The summed E-state index contributed by atoms with van der Waals surface area (Å²) in [6.07, 6.45) is 5.58. The van der Waals surface area contributed by atoms with Crippen LogP contribution >= 0.6 is 0 Å². The summed E-state index contributed by atoms with van der Waals surface area (Å²) in [5, 5.41) is 2.95. The molecule has 1 atom stereocenters. The van der Waals surface area contributed by atoms with Crippen LogP contribution in [0.4, 0.5) is 8.78 Å². The van der Waals surface area contributed by atoms with Crippen molar-refractivity contribution in [3.63, 3.8) is 0 Å². The van der Waals surface area contributed by atoms with Crippen LogP contribution in [-0.4, -0.2) is 22.1 Å². The molecule has 2 aromatic rings. The number of halogens is 2. The number of rotatable bonds is 6. The second-order valence-electron chi connectivity index (χ2n) is 5.59. The van der Waals surface area contributed by atoms with Crippen LogP contribution in [0.15, 0.2) is 36.7 Å².